The zero-order valence-electron chi connectivity index (χ0n) is 17.3. The number of carbonyl (C=O) groups excluding carboxylic acids is 3. The van der Waals surface area contributed by atoms with E-state index in [1.54, 1.807) is 29.2 Å². The molecule has 0 spiro atoms. The van der Waals surface area contributed by atoms with Gasteiger partial charge in [0.2, 0.25) is 0 Å². The van der Waals surface area contributed by atoms with Gasteiger partial charge in [0.1, 0.15) is 0 Å². The number of halogens is 4. The number of urea groups is 1. The molecule has 0 atom stereocenters. The number of pyridine rings is 1. The lowest BCUT2D eigenvalue weighted by Crippen LogP contribution is -2.48. The van der Waals surface area contributed by atoms with Crippen LogP contribution in [0.1, 0.15) is 16.1 Å². The third-order valence-corrected chi connectivity index (χ3v) is 5.04. The van der Waals surface area contributed by atoms with E-state index in [2.05, 4.69) is 4.98 Å². The molecule has 1 aromatic carbocycles. The van der Waals surface area contributed by atoms with E-state index >= 15 is 0 Å². The SMILES string of the molecule is O=C(CNC(=O)C(F)(F)F)c1ccc(CN(C(=O)N2CCOCC2)c2ccc(Cl)cc2)nc1. The van der Waals surface area contributed by atoms with Crippen LogP contribution in [0.25, 0.3) is 0 Å². The van der Waals surface area contributed by atoms with Crippen molar-refractivity contribution in [3.63, 3.8) is 0 Å². The van der Waals surface area contributed by atoms with Crippen LogP contribution in [0.3, 0.4) is 0 Å². The molecule has 1 aliphatic heterocycles. The maximum absolute atomic E-state index is 13.1. The molecule has 0 saturated carbocycles. The highest BCUT2D eigenvalue weighted by molar-refractivity contribution is 6.30. The highest BCUT2D eigenvalue weighted by Crippen LogP contribution is 2.22. The lowest BCUT2D eigenvalue weighted by molar-refractivity contribution is -0.173. The lowest BCUT2D eigenvalue weighted by Gasteiger charge is -2.33. The van der Waals surface area contributed by atoms with Crippen LogP contribution < -0.4 is 10.2 Å². The van der Waals surface area contributed by atoms with Crippen LogP contribution in [0.4, 0.5) is 23.7 Å². The summed E-state index contributed by atoms with van der Waals surface area (Å²) in [6.07, 6.45) is -3.88. The Kier molecular flexibility index (Phi) is 7.88. The van der Waals surface area contributed by atoms with Crippen molar-refractivity contribution >= 4 is 35.0 Å². The zero-order valence-corrected chi connectivity index (χ0v) is 18.0. The molecule has 12 heteroatoms. The van der Waals surface area contributed by atoms with E-state index in [-0.39, 0.29) is 18.1 Å². The van der Waals surface area contributed by atoms with Gasteiger partial charge in [0.15, 0.2) is 5.78 Å². The molecule has 1 aromatic heterocycles. The number of hydrogen-bond donors (Lipinski definition) is 1. The molecule has 3 rings (SSSR count). The number of Topliss-reactive ketones (excluding diaryl/α,β-unsaturated/α-hetero) is 1. The average Bonchev–Trinajstić information content (AvgIpc) is 2.81. The number of ketones is 1. The molecular formula is C21H20ClF3N4O4. The van der Waals surface area contributed by atoms with Crippen LogP contribution >= 0.6 is 11.6 Å². The van der Waals surface area contributed by atoms with Crippen molar-refractivity contribution in [3.8, 4) is 0 Å². The number of benzene rings is 1. The van der Waals surface area contributed by atoms with E-state index in [1.807, 2.05) is 0 Å². The van der Waals surface area contributed by atoms with E-state index in [9.17, 15) is 27.6 Å². The van der Waals surface area contributed by atoms with Crippen molar-refractivity contribution in [2.75, 3.05) is 37.7 Å². The molecule has 1 N–H and O–H groups in total. The minimum absolute atomic E-state index is 0.0266. The quantitative estimate of drug-likeness (QED) is 0.636. The summed E-state index contributed by atoms with van der Waals surface area (Å²) in [6.45, 7) is 1.00. The molecule has 176 valence electrons. The van der Waals surface area contributed by atoms with Gasteiger partial charge in [0.05, 0.1) is 32.0 Å². The number of aromatic nitrogens is 1. The zero-order chi connectivity index (χ0) is 24.0. The maximum atomic E-state index is 13.1. The van der Waals surface area contributed by atoms with Crippen LogP contribution in [-0.4, -0.2) is 66.6 Å². The molecule has 2 aromatic rings. The number of nitrogens with zero attached hydrogens (tertiary/aromatic N) is 3. The molecular weight excluding hydrogens is 465 g/mol. The van der Waals surface area contributed by atoms with E-state index in [0.717, 1.165) is 0 Å². The Morgan fingerprint density at radius 2 is 1.76 bits per heavy atom. The first kappa shape index (κ1) is 24.5. The molecule has 1 aliphatic rings. The fraction of sp³-hybridized carbons (Fsp3) is 0.333. The number of carbonyl (C=O) groups is 3. The number of nitrogens with one attached hydrogen (secondary N) is 1. The standard InChI is InChI=1S/C21H20ClF3N4O4/c22-15-2-5-17(6-3-15)29(20(32)28-7-9-33-10-8-28)13-16-4-1-14(11-26-16)18(30)12-27-19(31)21(23,24)25/h1-6,11H,7-10,12-13H2,(H,27,31). The second kappa shape index (κ2) is 10.6. The summed E-state index contributed by atoms with van der Waals surface area (Å²) < 4.78 is 42.1. The van der Waals surface area contributed by atoms with Crippen molar-refractivity contribution < 1.29 is 32.3 Å². The summed E-state index contributed by atoms with van der Waals surface area (Å²) in [5.41, 5.74) is 1.06. The monoisotopic (exact) mass is 484 g/mol. The summed E-state index contributed by atoms with van der Waals surface area (Å²) in [7, 11) is 0. The van der Waals surface area contributed by atoms with Gasteiger partial charge in [-0.1, -0.05) is 11.6 Å². The Morgan fingerprint density at radius 3 is 2.33 bits per heavy atom. The largest absolute Gasteiger partial charge is 0.471 e. The third-order valence-electron chi connectivity index (χ3n) is 4.78. The summed E-state index contributed by atoms with van der Waals surface area (Å²) in [5, 5.41) is 2.03. The second-order valence-corrected chi connectivity index (χ2v) is 7.52. The van der Waals surface area contributed by atoms with E-state index in [0.29, 0.717) is 42.7 Å². The summed E-state index contributed by atoms with van der Waals surface area (Å²) >= 11 is 5.96. The van der Waals surface area contributed by atoms with E-state index in [1.165, 1.54) is 28.5 Å². The predicted octanol–water partition coefficient (Wildman–Crippen LogP) is 3.06. The highest BCUT2D eigenvalue weighted by atomic mass is 35.5. The van der Waals surface area contributed by atoms with Crippen molar-refractivity contribution in [1.82, 2.24) is 15.2 Å². The Balaban J connectivity index is 1.72. The first-order valence-corrected chi connectivity index (χ1v) is 10.3. The fourth-order valence-electron chi connectivity index (χ4n) is 3.02. The second-order valence-electron chi connectivity index (χ2n) is 7.09. The van der Waals surface area contributed by atoms with Gasteiger partial charge in [-0.25, -0.2) is 4.79 Å². The van der Waals surface area contributed by atoms with E-state index in [4.69, 9.17) is 16.3 Å². The highest BCUT2D eigenvalue weighted by Gasteiger charge is 2.38. The molecule has 2 heterocycles. The molecule has 0 bridgehead atoms. The predicted molar refractivity (Wildman–Crippen MR) is 113 cm³/mol. The summed E-state index contributed by atoms with van der Waals surface area (Å²) in [6, 6.07) is 9.32. The molecule has 1 fully saturated rings. The molecule has 8 nitrogen and oxygen atoms in total. The van der Waals surface area contributed by atoms with Gasteiger partial charge in [0, 0.05) is 35.6 Å². The summed E-state index contributed by atoms with van der Waals surface area (Å²) in [5.74, 6) is -2.92. The van der Waals surface area contributed by atoms with Crippen LogP contribution in [-0.2, 0) is 16.1 Å². The van der Waals surface area contributed by atoms with Gasteiger partial charge in [-0.2, -0.15) is 13.2 Å². The maximum Gasteiger partial charge on any atom is 0.471 e. The molecule has 33 heavy (non-hydrogen) atoms. The Bertz CT molecular complexity index is 994. The molecule has 0 unspecified atom stereocenters. The topological polar surface area (TPSA) is 91.8 Å². The van der Waals surface area contributed by atoms with E-state index < -0.39 is 24.4 Å². The first-order valence-electron chi connectivity index (χ1n) is 9.88. The van der Waals surface area contributed by atoms with Crippen molar-refractivity contribution in [2.24, 2.45) is 0 Å². The minimum atomic E-state index is -5.07. The Morgan fingerprint density at radius 1 is 1.09 bits per heavy atom. The van der Waals surface area contributed by atoms with Crippen molar-refractivity contribution in [3.05, 3.63) is 58.9 Å². The average molecular weight is 485 g/mol. The van der Waals surface area contributed by atoms with Gasteiger partial charge >= 0.3 is 18.1 Å². The van der Waals surface area contributed by atoms with Crippen molar-refractivity contribution in [1.29, 1.82) is 0 Å². The number of amides is 3. The smallest absolute Gasteiger partial charge is 0.378 e. The molecule has 0 aliphatic carbocycles. The molecule has 3 amide bonds. The van der Waals surface area contributed by atoms with Crippen molar-refractivity contribution in [2.45, 2.75) is 12.7 Å². The van der Waals surface area contributed by atoms with Crippen LogP contribution in [0, 0.1) is 0 Å². The molecule has 1 saturated heterocycles. The van der Waals surface area contributed by atoms with Gasteiger partial charge in [-0.15, -0.1) is 0 Å². The minimum Gasteiger partial charge on any atom is -0.378 e. The number of hydrogen-bond acceptors (Lipinski definition) is 5. The van der Waals surface area contributed by atoms with Gasteiger partial charge < -0.3 is 15.0 Å². The number of anilines is 1. The Hall–Kier alpha value is -3.18. The summed E-state index contributed by atoms with van der Waals surface area (Å²) in [4.78, 5) is 43.4. The van der Waals surface area contributed by atoms with Crippen LogP contribution in [0.2, 0.25) is 5.02 Å². The van der Waals surface area contributed by atoms with Crippen LogP contribution in [0.5, 0.6) is 0 Å². The Labute approximate surface area is 192 Å². The van der Waals surface area contributed by atoms with Gasteiger partial charge in [-0.05, 0) is 36.4 Å². The number of ether oxygens (including phenoxy) is 1. The number of rotatable bonds is 6. The molecule has 0 radical (unpaired) electrons. The fourth-order valence-corrected chi connectivity index (χ4v) is 3.15. The lowest BCUT2D eigenvalue weighted by atomic mass is 10.1. The third kappa shape index (κ3) is 6.65. The van der Waals surface area contributed by atoms with Gasteiger partial charge in [-0.3, -0.25) is 19.5 Å². The number of alkyl halides is 3. The first-order chi connectivity index (χ1) is 15.6. The normalized spacial score (nSPS) is 14.0. The number of morpholine rings is 1. The van der Waals surface area contributed by atoms with Gasteiger partial charge in [0.25, 0.3) is 0 Å². The van der Waals surface area contributed by atoms with Crippen LogP contribution in [0.15, 0.2) is 42.6 Å².